The van der Waals surface area contributed by atoms with E-state index in [1.165, 1.54) is 14.2 Å². The number of rotatable bonds is 3. The number of aromatic nitrogens is 1. The normalized spacial score (nSPS) is 9.87. The minimum Gasteiger partial charge on any atom is -0.504 e. The maximum atomic E-state index is 10.9. The zero-order chi connectivity index (χ0) is 11.6. The average Bonchev–Trinajstić information content (AvgIpc) is 2.16. The van der Waals surface area contributed by atoms with E-state index in [1.54, 1.807) is 0 Å². The number of carbonyl (C=O) groups excluding carboxylic acids is 1. The number of aromatic hydroxyl groups is 1. The highest BCUT2D eigenvalue weighted by molar-refractivity contribution is 6.69. The Morgan fingerprint density at radius 2 is 2.00 bits per heavy atom. The van der Waals surface area contributed by atoms with Gasteiger partial charge in [-0.25, -0.2) is 0 Å². The molecule has 15 heavy (non-hydrogen) atoms. The molecule has 7 heteroatoms. The van der Waals surface area contributed by atoms with E-state index >= 15 is 0 Å². The van der Waals surface area contributed by atoms with Gasteiger partial charge in [0.2, 0.25) is 5.75 Å². The second-order valence-electron chi connectivity index (χ2n) is 2.44. The number of halogens is 2. The second kappa shape index (κ2) is 4.55. The third-order valence-electron chi connectivity index (χ3n) is 1.65. The van der Waals surface area contributed by atoms with Crippen LogP contribution in [0.4, 0.5) is 0 Å². The lowest BCUT2D eigenvalue weighted by molar-refractivity contribution is 0.107. The fourth-order valence-corrected chi connectivity index (χ4v) is 1.48. The first-order valence-electron chi connectivity index (χ1n) is 3.73. The van der Waals surface area contributed by atoms with Crippen molar-refractivity contribution in [2.24, 2.45) is 0 Å². The maximum Gasteiger partial charge on any atom is 0.262 e. The van der Waals surface area contributed by atoms with Crippen molar-refractivity contribution in [2.75, 3.05) is 14.2 Å². The summed E-state index contributed by atoms with van der Waals surface area (Å²) in [5, 5.41) is 8.45. The van der Waals surface area contributed by atoms with Crippen LogP contribution in [-0.2, 0) is 0 Å². The van der Waals surface area contributed by atoms with Gasteiger partial charge in [-0.2, -0.15) is 4.98 Å². The molecule has 1 rings (SSSR count). The van der Waals surface area contributed by atoms with Crippen molar-refractivity contribution < 1.29 is 19.4 Å². The molecule has 0 saturated heterocycles. The molecule has 1 aromatic rings. The van der Waals surface area contributed by atoms with Crippen LogP contribution in [0.2, 0.25) is 5.15 Å². The lowest BCUT2D eigenvalue weighted by Crippen LogP contribution is -2.00. The highest BCUT2D eigenvalue weighted by Gasteiger charge is 2.23. The minimum atomic E-state index is -0.925. The van der Waals surface area contributed by atoms with Crippen molar-refractivity contribution in [3.63, 3.8) is 0 Å². The number of hydrogen-bond acceptors (Lipinski definition) is 5. The molecule has 82 valence electrons. The lowest BCUT2D eigenvalue weighted by Gasteiger charge is -2.10. The number of methoxy groups -OCH3 is 2. The van der Waals surface area contributed by atoms with Crippen LogP contribution in [0.5, 0.6) is 17.4 Å². The Balaban J connectivity index is 3.51. The van der Waals surface area contributed by atoms with Gasteiger partial charge in [0.15, 0.2) is 5.75 Å². The van der Waals surface area contributed by atoms with Gasteiger partial charge in [-0.05, 0) is 11.6 Å². The predicted octanol–water partition coefficient (Wildman–Crippen LogP) is 1.84. The highest BCUT2D eigenvalue weighted by atomic mass is 35.5. The van der Waals surface area contributed by atoms with Crippen molar-refractivity contribution in [3.05, 3.63) is 10.7 Å². The monoisotopic (exact) mass is 251 g/mol. The number of hydrogen-bond donors (Lipinski definition) is 1. The fraction of sp³-hybridized carbons (Fsp3) is 0.250. The summed E-state index contributed by atoms with van der Waals surface area (Å²) in [5.74, 6) is -0.609. The van der Waals surface area contributed by atoms with Gasteiger partial charge in [0.05, 0.1) is 14.2 Å². The zero-order valence-electron chi connectivity index (χ0n) is 7.88. The third-order valence-corrected chi connectivity index (χ3v) is 2.11. The van der Waals surface area contributed by atoms with E-state index in [9.17, 15) is 9.90 Å². The van der Waals surface area contributed by atoms with Crippen LogP contribution in [-0.4, -0.2) is 29.6 Å². The molecule has 0 atom stereocenters. The quantitative estimate of drug-likeness (QED) is 0.656. The first-order chi connectivity index (χ1) is 7.02. The van der Waals surface area contributed by atoms with Crippen LogP contribution in [0.15, 0.2) is 0 Å². The molecule has 0 fully saturated rings. The SMILES string of the molecule is COc1nc(Cl)c(C(=O)Cl)c(O)c1OC. The summed E-state index contributed by atoms with van der Waals surface area (Å²) in [7, 11) is 2.61. The molecule has 0 aliphatic heterocycles. The summed E-state index contributed by atoms with van der Waals surface area (Å²) < 4.78 is 9.60. The van der Waals surface area contributed by atoms with E-state index in [4.69, 9.17) is 32.7 Å². The summed E-state index contributed by atoms with van der Waals surface area (Å²) in [6, 6.07) is 0. The molecule has 5 nitrogen and oxygen atoms in total. The topological polar surface area (TPSA) is 68.7 Å². The Morgan fingerprint density at radius 1 is 1.40 bits per heavy atom. The molecule has 1 heterocycles. The molecule has 0 unspecified atom stereocenters. The van der Waals surface area contributed by atoms with Crippen molar-refractivity contribution in [3.8, 4) is 17.4 Å². The van der Waals surface area contributed by atoms with Crippen molar-refractivity contribution in [2.45, 2.75) is 0 Å². The largest absolute Gasteiger partial charge is 0.504 e. The predicted molar refractivity (Wildman–Crippen MR) is 54.2 cm³/mol. The molecule has 0 aromatic carbocycles. The standard InChI is InChI=1S/C8H7Cl2NO4/c1-14-5-4(12)3(7(10)13)6(9)11-8(5)15-2/h1-2H3,(H,11,12). The fourth-order valence-electron chi connectivity index (χ4n) is 1.00. The van der Waals surface area contributed by atoms with Crippen LogP contribution < -0.4 is 9.47 Å². The molecule has 1 N–H and O–H groups in total. The first-order valence-corrected chi connectivity index (χ1v) is 4.48. The molecule has 0 aliphatic rings. The second-order valence-corrected chi connectivity index (χ2v) is 3.14. The van der Waals surface area contributed by atoms with Crippen LogP contribution in [0, 0.1) is 0 Å². The van der Waals surface area contributed by atoms with E-state index in [0.29, 0.717) is 0 Å². The maximum absolute atomic E-state index is 10.9. The van der Waals surface area contributed by atoms with Crippen molar-refractivity contribution in [1.29, 1.82) is 0 Å². The number of carbonyl (C=O) groups is 1. The Morgan fingerprint density at radius 3 is 2.40 bits per heavy atom. The van der Waals surface area contributed by atoms with Crippen LogP contribution >= 0.6 is 23.2 Å². The molecule has 1 aromatic heterocycles. The number of nitrogens with zero attached hydrogens (tertiary/aromatic N) is 1. The van der Waals surface area contributed by atoms with Gasteiger partial charge >= 0.3 is 0 Å². The summed E-state index contributed by atoms with van der Waals surface area (Å²) in [5.41, 5.74) is -0.309. The molecular formula is C8H7Cl2NO4. The summed E-state index contributed by atoms with van der Waals surface area (Å²) >= 11 is 10.8. The molecule has 0 spiro atoms. The average molecular weight is 252 g/mol. The van der Waals surface area contributed by atoms with E-state index in [-0.39, 0.29) is 22.3 Å². The Hall–Kier alpha value is -1.20. The van der Waals surface area contributed by atoms with E-state index in [2.05, 4.69) is 4.98 Å². The number of ether oxygens (including phenoxy) is 2. The summed E-state index contributed by atoms with van der Waals surface area (Å²) in [4.78, 5) is 14.6. The summed E-state index contributed by atoms with van der Waals surface area (Å²) in [6.07, 6.45) is 0. The highest BCUT2D eigenvalue weighted by Crippen LogP contribution is 2.40. The Bertz CT molecular complexity index is 408. The van der Waals surface area contributed by atoms with E-state index < -0.39 is 11.0 Å². The molecule has 0 amide bonds. The van der Waals surface area contributed by atoms with Crippen molar-refractivity contribution >= 4 is 28.4 Å². The molecule has 0 saturated carbocycles. The van der Waals surface area contributed by atoms with Gasteiger partial charge in [0.25, 0.3) is 11.1 Å². The molecule has 0 aliphatic carbocycles. The van der Waals surface area contributed by atoms with Crippen molar-refractivity contribution in [1.82, 2.24) is 4.98 Å². The smallest absolute Gasteiger partial charge is 0.262 e. The van der Waals surface area contributed by atoms with E-state index in [1.807, 2.05) is 0 Å². The lowest BCUT2D eigenvalue weighted by atomic mass is 10.2. The van der Waals surface area contributed by atoms with Gasteiger partial charge in [0.1, 0.15) is 10.7 Å². The van der Waals surface area contributed by atoms with Crippen LogP contribution in [0.25, 0.3) is 0 Å². The van der Waals surface area contributed by atoms with Gasteiger partial charge in [-0.3, -0.25) is 4.79 Å². The molecular weight excluding hydrogens is 245 g/mol. The first kappa shape index (κ1) is 11.9. The summed E-state index contributed by atoms with van der Waals surface area (Å²) in [6.45, 7) is 0. The van der Waals surface area contributed by atoms with E-state index in [0.717, 1.165) is 0 Å². The van der Waals surface area contributed by atoms with Crippen LogP contribution in [0.3, 0.4) is 0 Å². The Labute approximate surface area is 95.5 Å². The van der Waals surface area contributed by atoms with Gasteiger partial charge in [-0.1, -0.05) is 11.6 Å². The molecule has 0 radical (unpaired) electrons. The van der Waals surface area contributed by atoms with Gasteiger partial charge in [-0.15, -0.1) is 0 Å². The third kappa shape index (κ3) is 2.08. The minimum absolute atomic E-state index is 0.0262. The van der Waals surface area contributed by atoms with Gasteiger partial charge < -0.3 is 14.6 Å². The zero-order valence-corrected chi connectivity index (χ0v) is 9.39. The number of pyridine rings is 1. The van der Waals surface area contributed by atoms with Gasteiger partial charge in [0, 0.05) is 0 Å². The molecule has 0 bridgehead atoms. The Kier molecular flexibility index (Phi) is 3.60. The van der Waals surface area contributed by atoms with Crippen LogP contribution in [0.1, 0.15) is 10.4 Å².